The average Bonchev–Trinajstić information content (AvgIpc) is 2.77. The molecule has 3 rings (SSSR count). The lowest BCUT2D eigenvalue weighted by Gasteiger charge is -2.05. The molecule has 0 N–H and O–H groups in total. The number of hydrogen-bond acceptors (Lipinski definition) is 3. The van der Waals surface area contributed by atoms with Gasteiger partial charge in [-0.05, 0) is 29.8 Å². The highest BCUT2D eigenvalue weighted by Crippen LogP contribution is 2.22. The number of nitrogens with zero attached hydrogens (tertiary/aromatic N) is 1. The van der Waals surface area contributed by atoms with Gasteiger partial charge in [0.2, 0.25) is 0 Å². The van der Waals surface area contributed by atoms with E-state index in [2.05, 4.69) is 20.9 Å². The number of benzene rings is 2. The summed E-state index contributed by atoms with van der Waals surface area (Å²) in [5.41, 5.74) is 2.73. The van der Waals surface area contributed by atoms with Gasteiger partial charge in [-0.3, -0.25) is 0 Å². The minimum Gasteiger partial charge on any atom is -0.489 e. The monoisotopic (exact) mass is 317 g/mol. The van der Waals surface area contributed by atoms with Crippen LogP contribution in [0.4, 0.5) is 0 Å². The number of rotatable bonds is 3. The van der Waals surface area contributed by atoms with Gasteiger partial charge >= 0.3 is 0 Å². The fourth-order valence-electron chi connectivity index (χ4n) is 1.86. The van der Waals surface area contributed by atoms with Crippen molar-refractivity contribution in [2.24, 2.45) is 0 Å². The first-order chi connectivity index (χ1) is 9.20. The lowest BCUT2D eigenvalue weighted by Crippen LogP contribution is -1.94. The predicted molar refractivity (Wildman–Crippen MR) is 77.2 cm³/mol. The van der Waals surface area contributed by atoms with Gasteiger partial charge < -0.3 is 9.15 Å². The average molecular weight is 318 g/mol. The summed E-state index contributed by atoms with van der Waals surface area (Å²) in [7, 11) is 0. The maximum absolute atomic E-state index is 5.75. The maximum Gasteiger partial charge on any atom is 0.192 e. The summed E-state index contributed by atoms with van der Waals surface area (Å²) >= 11 is 3.41. The minimum atomic E-state index is 0.534. The highest BCUT2D eigenvalue weighted by Gasteiger charge is 2.04. The Balaban J connectivity index is 1.75. The van der Waals surface area contributed by atoms with Gasteiger partial charge in [-0.15, -0.1) is 0 Å². The van der Waals surface area contributed by atoms with Crippen molar-refractivity contribution in [1.82, 2.24) is 4.98 Å². The Morgan fingerprint density at radius 2 is 1.95 bits per heavy atom. The SMILES string of the molecule is Cc1nc2ccc(OCc3ccc(Br)cc3)cc2o1. The van der Waals surface area contributed by atoms with Crippen LogP contribution in [-0.4, -0.2) is 4.98 Å². The maximum atomic E-state index is 5.75. The number of aromatic nitrogens is 1. The van der Waals surface area contributed by atoms with E-state index in [0.717, 1.165) is 26.9 Å². The Bertz CT molecular complexity index is 704. The van der Waals surface area contributed by atoms with Crippen LogP contribution >= 0.6 is 15.9 Å². The second-order valence-electron chi connectivity index (χ2n) is 4.28. The normalized spacial score (nSPS) is 10.8. The van der Waals surface area contributed by atoms with Crippen LogP contribution in [0, 0.1) is 6.92 Å². The molecule has 0 atom stereocenters. The van der Waals surface area contributed by atoms with Gasteiger partial charge in [-0.2, -0.15) is 0 Å². The van der Waals surface area contributed by atoms with Gasteiger partial charge in [0.05, 0.1) is 0 Å². The van der Waals surface area contributed by atoms with Crippen LogP contribution in [0.15, 0.2) is 51.4 Å². The summed E-state index contributed by atoms with van der Waals surface area (Å²) in [6.07, 6.45) is 0. The van der Waals surface area contributed by atoms with Crippen LogP contribution in [0.5, 0.6) is 5.75 Å². The van der Waals surface area contributed by atoms with Crippen LogP contribution in [0.25, 0.3) is 11.1 Å². The summed E-state index contributed by atoms with van der Waals surface area (Å²) in [5.74, 6) is 1.45. The van der Waals surface area contributed by atoms with E-state index in [1.807, 2.05) is 49.4 Å². The highest BCUT2D eigenvalue weighted by atomic mass is 79.9. The smallest absolute Gasteiger partial charge is 0.192 e. The van der Waals surface area contributed by atoms with Gasteiger partial charge in [0.1, 0.15) is 17.9 Å². The molecule has 0 bridgehead atoms. The third-order valence-corrected chi connectivity index (χ3v) is 3.31. The zero-order valence-corrected chi connectivity index (χ0v) is 12.0. The molecule has 1 aromatic heterocycles. The Kier molecular flexibility index (Phi) is 3.25. The topological polar surface area (TPSA) is 35.3 Å². The summed E-state index contributed by atoms with van der Waals surface area (Å²) in [6.45, 7) is 2.37. The van der Waals surface area contributed by atoms with E-state index in [4.69, 9.17) is 9.15 Å². The molecule has 3 aromatic rings. The molecule has 1 heterocycles. The van der Waals surface area contributed by atoms with E-state index in [0.29, 0.717) is 12.5 Å². The fourth-order valence-corrected chi connectivity index (χ4v) is 2.12. The van der Waals surface area contributed by atoms with Crippen molar-refractivity contribution in [3.05, 3.63) is 58.4 Å². The van der Waals surface area contributed by atoms with E-state index >= 15 is 0 Å². The van der Waals surface area contributed by atoms with Crippen molar-refractivity contribution in [1.29, 1.82) is 0 Å². The zero-order chi connectivity index (χ0) is 13.2. The van der Waals surface area contributed by atoms with Gasteiger partial charge in [-0.1, -0.05) is 28.1 Å². The Labute approximate surface area is 119 Å². The van der Waals surface area contributed by atoms with E-state index in [1.54, 1.807) is 0 Å². The van der Waals surface area contributed by atoms with E-state index in [1.165, 1.54) is 0 Å². The lowest BCUT2D eigenvalue weighted by molar-refractivity contribution is 0.306. The van der Waals surface area contributed by atoms with Crippen molar-refractivity contribution < 1.29 is 9.15 Å². The first kappa shape index (κ1) is 12.2. The lowest BCUT2D eigenvalue weighted by atomic mass is 10.2. The second-order valence-corrected chi connectivity index (χ2v) is 5.19. The number of halogens is 1. The van der Waals surface area contributed by atoms with Crippen molar-refractivity contribution in [2.45, 2.75) is 13.5 Å². The Morgan fingerprint density at radius 3 is 2.74 bits per heavy atom. The highest BCUT2D eigenvalue weighted by molar-refractivity contribution is 9.10. The summed E-state index contributed by atoms with van der Waals surface area (Å²) in [5, 5.41) is 0. The van der Waals surface area contributed by atoms with Gasteiger partial charge in [0, 0.05) is 17.5 Å². The molecule has 0 aliphatic carbocycles. The molecule has 0 aliphatic heterocycles. The molecule has 0 saturated heterocycles. The number of aryl methyl sites for hydroxylation is 1. The zero-order valence-electron chi connectivity index (χ0n) is 10.4. The van der Waals surface area contributed by atoms with Gasteiger partial charge in [0.25, 0.3) is 0 Å². The molecule has 96 valence electrons. The molecule has 0 spiro atoms. The molecular formula is C15H12BrNO2. The first-order valence-electron chi connectivity index (χ1n) is 5.95. The second kappa shape index (κ2) is 5.05. The van der Waals surface area contributed by atoms with Crippen LogP contribution in [0.1, 0.15) is 11.5 Å². The molecule has 4 heteroatoms. The molecule has 3 nitrogen and oxygen atoms in total. The summed E-state index contributed by atoms with van der Waals surface area (Å²) < 4.78 is 12.3. The number of ether oxygens (including phenoxy) is 1. The molecule has 0 saturated carbocycles. The molecule has 19 heavy (non-hydrogen) atoms. The third-order valence-electron chi connectivity index (χ3n) is 2.79. The van der Waals surface area contributed by atoms with Crippen LogP contribution in [0.2, 0.25) is 0 Å². The van der Waals surface area contributed by atoms with Gasteiger partial charge in [0.15, 0.2) is 11.5 Å². The van der Waals surface area contributed by atoms with Crippen LogP contribution in [-0.2, 0) is 6.61 Å². The quantitative estimate of drug-likeness (QED) is 0.714. The van der Waals surface area contributed by atoms with Crippen molar-refractivity contribution >= 4 is 27.0 Å². The molecule has 0 unspecified atom stereocenters. The Morgan fingerprint density at radius 1 is 1.16 bits per heavy atom. The molecule has 0 fully saturated rings. The van der Waals surface area contributed by atoms with Crippen LogP contribution < -0.4 is 4.74 Å². The van der Waals surface area contributed by atoms with E-state index < -0.39 is 0 Å². The predicted octanol–water partition coefficient (Wildman–Crippen LogP) is 4.48. The minimum absolute atomic E-state index is 0.534. The third kappa shape index (κ3) is 2.79. The van der Waals surface area contributed by atoms with Gasteiger partial charge in [-0.25, -0.2) is 4.98 Å². The largest absolute Gasteiger partial charge is 0.489 e. The first-order valence-corrected chi connectivity index (χ1v) is 6.74. The standard InChI is InChI=1S/C15H12BrNO2/c1-10-17-14-7-6-13(8-15(14)19-10)18-9-11-2-4-12(16)5-3-11/h2-8H,9H2,1H3. The molecule has 2 aromatic carbocycles. The summed E-state index contributed by atoms with van der Waals surface area (Å²) in [4.78, 5) is 4.25. The van der Waals surface area contributed by atoms with Crippen LogP contribution in [0.3, 0.4) is 0 Å². The number of oxazole rings is 1. The molecule has 0 radical (unpaired) electrons. The van der Waals surface area contributed by atoms with E-state index in [-0.39, 0.29) is 0 Å². The molecule has 0 amide bonds. The molecule has 0 aliphatic rings. The molecular weight excluding hydrogens is 306 g/mol. The van der Waals surface area contributed by atoms with Crippen molar-refractivity contribution in [2.75, 3.05) is 0 Å². The van der Waals surface area contributed by atoms with Crippen molar-refractivity contribution in [3.63, 3.8) is 0 Å². The number of hydrogen-bond donors (Lipinski definition) is 0. The fraction of sp³-hybridized carbons (Fsp3) is 0.133. The van der Waals surface area contributed by atoms with E-state index in [9.17, 15) is 0 Å². The van der Waals surface area contributed by atoms with Crippen molar-refractivity contribution in [3.8, 4) is 5.75 Å². The Hall–Kier alpha value is -1.81. The number of fused-ring (bicyclic) bond motifs is 1. The summed E-state index contributed by atoms with van der Waals surface area (Å²) in [6, 6.07) is 13.7.